The Morgan fingerprint density at radius 3 is 1.34 bits per heavy atom. The minimum absolute atomic E-state index is 0.867. The predicted molar refractivity (Wildman–Crippen MR) is 261 cm³/mol. The maximum Gasteiger partial charge on any atom is 0.143 e. The van der Waals surface area contributed by atoms with E-state index in [1.807, 2.05) is 0 Å². The largest absolute Gasteiger partial charge is 0.456 e. The van der Waals surface area contributed by atoms with Crippen molar-refractivity contribution in [3.63, 3.8) is 0 Å². The second-order valence-corrected chi connectivity index (χ2v) is 16.7. The standard InChI is InChI=1S/C60H34O2/c1-2-9-35(10-3-1)44-25-21-38-24-28-49-45(26-22-39-23-27-48(44)56(38)57(39)49)36-17-19-37(20-18-36)46-29-30-50(60-59(46)52-32-41-12-5-7-14-43(41)34-55(52)62-60)47-15-8-16-53-58(47)51-31-40-11-4-6-13-42(40)33-54(51)61-53/h1-34H. The molecule has 0 aliphatic rings. The average molecular weight is 787 g/mol. The van der Waals surface area contributed by atoms with Gasteiger partial charge in [-0.1, -0.05) is 170 Å². The number of furan rings is 2. The molecule has 0 saturated carbocycles. The molecule has 0 saturated heterocycles. The van der Waals surface area contributed by atoms with Crippen LogP contribution in [0.1, 0.15) is 0 Å². The minimum Gasteiger partial charge on any atom is -0.456 e. The zero-order chi connectivity index (χ0) is 40.5. The minimum atomic E-state index is 0.867. The van der Waals surface area contributed by atoms with Gasteiger partial charge in [0.25, 0.3) is 0 Å². The Hall–Kier alpha value is -8.20. The van der Waals surface area contributed by atoms with Crippen molar-refractivity contribution in [2.45, 2.75) is 0 Å². The molecule has 2 nitrogen and oxygen atoms in total. The van der Waals surface area contributed by atoms with Gasteiger partial charge in [-0.05, 0) is 129 Å². The molecule has 12 aromatic carbocycles. The first-order valence-corrected chi connectivity index (χ1v) is 21.3. The molecule has 0 atom stereocenters. The Morgan fingerprint density at radius 1 is 0.226 bits per heavy atom. The number of benzene rings is 12. The second-order valence-electron chi connectivity index (χ2n) is 16.7. The molecule has 0 amide bonds. The van der Waals surface area contributed by atoms with Crippen LogP contribution >= 0.6 is 0 Å². The monoisotopic (exact) mass is 786 g/mol. The Kier molecular flexibility index (Phi) is 6.86. The van der Waals surface area contributed by atoms with E-state index in [1.165, 1.54) is 70.7 Å². The first-order chi connectivity index (χ1) is 30.7. The lowest BCUT2D eigenvalue weighted by molar-refractivity contribution is 0.669. The third-order valence-corrected chi connectivity index (χ3v) is 13.4. The molecule has 0 bridgehead atoms. The molecule has 14 rings (SSSR count). The Balaban J connectivity index is 0.958. The fourth-order valence-corrected chi connectivity index (χ4v) is 10.5. The van der Waals surface area contributed by atoms with Gasteiger partial charge in [0.1, 0.15) is 22.3 Å². The molecule has 286 valence electrons. The Labute approximate surface area is 355 Å². The topological polar surface area (TPSA) is 26.3 Å². The summed E-state index contributed by atoms with van der Waals surface area (Å²) in [6, 6.07) is 75.0. The average Bonchev–Trinajstić information content (AvgIpc) is 3.89. The highest BCUT2D eigenvalue weighted by atomic mass is 16.3. The Bertz CT molecular complexity index is 4130. The highest BCUT2D eigenvalue weighted by molar-refractivity contribution is 6.28. The SMILES string of the molecule is c1ccc(-c2ccc3ccc4c(-c5ccc(-c6ccc(-c7cccc8oc9cc%10ccccc%10cc9c78)c7oc8cc9ccccc9cc8c67)cc5)ccc5ccc2c3c54)cc1. The van der Waals surface area contributed by atoms with Crippen molar-refractivity contribution < 1.29 is 8.83 Å². The van der Waals surface area contributed by atoms with Gasteiger partial charge in [-0.2, -0.15) is 0 Å². The smallest absolute Gasteiger partial charge is 0.143 e. The Morgan fingerprint density at radius 2 is 0.710 bits per heavy atom. The van der Waals surface area contributed by atoms with E-state index in [1.54, 1.807) is 0 Å². The van der Waals surface area contributed by atoms with Gasteiger partial charge in [0.15, 0.2) is 0 Å². The van der Waals surface area contributed by atoms with Crippen molar-refractivity contribution in [2.24, 2.45) is 0 Å². The number of rotatable bonds is 4. The van der Waals surface area contributed by atoms with E-state index in [4.69, 9.17) is 8.83 Å². The second kappa shape index (κ2) is 12.7. The van der Waals surface area contributed by atoms with Crippen LogP contribution in [0.15, 0.2) is 215 Å². The molecule has 2 heteroatoms. The summed E-state index contributed by atoms with van der Waals surface area (Å²) < 4.78 is 13.6. The fourth-order valence-electron chi connectivity index (χ4n) is 10.5. The third-order valence-electron chi connectivity index (χ3n) is 13.4. The van der Waals surface area contributed by atoms with Crippen molar-refractivity contribution in [1.29, 1.82) is 0 Å². The van der Waals surface area contributed by atoms with E-state index in [-0.39, 0.29) is 0 Å². The number of hydrogen-bond donors (Lipinski definition) is 0. The molecule has 0 spiro atoms. The zero-order valence-corrected chi connectivity index (χ0v) is 33.4. The molecule has 2 aromatic heterocycles. The molecular formula is C60H34O2. The van der Waals surface area contributed by atoms with Gasteiger partial charge in [0.2, 0.25) is 0 Å². The summed E-state index contributed by atoms with van der Waals surface area (Å²) in [6.07, 6.45) is 0. The summed E-state index contributed by atoms with van der Waals surface area (Å²) in [6.45, 7) is 0. The van der Waals surface area contributed by atoms with Crippen LogP contribution in [0.3, 0.4) is 0 Å². The lowest BCUT2D eigenvalue weighted by Gasteiger charge is -2.17. The molecule has 0 N–H and O–H groups in total. The van der Waals surface area contributed by atoms with Gasteiger partial charge >= 0.3 is 0 Å². The summed E-state index contributed by atoms with van der Waals surface area (Å²) in [7, 11) is 0. The normalized spacial score (nSPS) is 12.2. The third kappa shape index (κ3) is 4.80. The highest BCUT2D eigenvalue weighted by Gasteiger charge is 2.22. The van der Waals surface area contributed by atoms with Crippen molar-refractivity contribution >= 4 is 97.7 Å². The van der Waals surface area contributed by atoms with Crippen LogP contribution in [-0.2, 0) is 0 Å². The molecular weight excluding hydrogens is 753 g/mol. The first kappa shape index (κ1) is 33.6. The highest BCUT2D eigenvalue weighted by Crippen LogP contribution is 2.47. The van der Waals surface area contributed by atoms with Crippen LogP contribution in [-0.4, -0.2) is 0 Å². The summed E-state index contributed by atoms with van der Waals surface area (Å²) in [4.78, 5) is 0. The van der Waals surface area contributed by atoms with Crippen molar-refractivity contribution in [3.8, 4) is 44.5 Å². The van der Waals surface area contributed by atoms with Crippen molar-refractivity contribution in [3.05, 3.63) is 206 Å². The fraction of sp³-hybridized carbons (Fsp3) is 0. The van der Waals surface area contributed by atoms with E-state index >= 15 is 0 Å². The molecule has 2 heterocycles. The van der Waals surface area contributed by atoms with E-state index in [0.717, 1.165) is 71.5 Å². The number of hydrogen-bond acceptors (Lipinski definition) is 2. The quantitative estimate of drug-likeness (QED) is 0.166. The lowest BCUT2D eigenvalue weighted by atomic mass is 9.87. The van der Waals surface area contributed by atoms with Crippen molar-refractivity contribution in [1.82, 2.24) is 0 Å². The number of fused-ring (bicyclic) bond motifs is 8. The van der Waals surface area contributed by atoms with E-state index in [9.17, 15) is 0 Å². The maximum absolute atomic E-state index is 7.02. The van der Waals surface area contributed by atoms with Gasteiger partial charge in [0.05, 0.1) is 0 Å². The summed E-state index contributed by atoms with van der Waals surface area (Å²) in [5.74, 6) is 0. The van der Waals surface area contributed by atoms with Gasteiger partial charge < -0.3 is 8.83 Å². The maximum atomic E-state index is 7.02. The van der Waals surface area contributed by atoms with E-state index in [2.05, 4.69) is 206 Å². The zero-order valence-electron chi connectivity index (χ0n) is 33.4. The molecule has 0 unspecified atom stereocenters. The van der Waals surface area contributed by atoms with E-state index in [0.29, 0.717) is 0 Å². The van der Waals surface area contributed by atoms with Gasteiger partial charge in [-0.3, -0.25) is 0 Å². The van der Waals surface area contributed by atoms with Crippen LogP contribution < -0.4 is 0 Å². The van der Waals surface area contributed by atoms with Gasteiger partial charge in [0, 0.05) is 27.1 Å². The van der Waals surface area contributed by atoms with Gasteiger partial charge in [-0.25, -0.2) is 0 Å². The van der Waals surface area contributed by atoms with Gasteiger partial charge in [-0.15, -0.1) is 0 Å². The summed E-state index contributed by atoms with van der Waals surface area (Å²) >= 11 is 0. The summed E-state index contributed by atoms with van der Waals surface area (Å²) in [5, 5.41) is 16.9. The van der Waals surface area contributed by atoms with Crippen LogP contribution in [0.4, 0.5) is 0 Å². The lowest BCUT2D eigenvalue weighted by Crippen LogP contribution is -1.89. The molecule has 62 heavy (non-hydrogen) atoms. The van der Waals surface area contributed by atoms with E-state index < -0.39 is 0 Å². The molecule has 14 aromatic rings. The van der Waals surface area contributed by atoms with Crippen LogP contribution in [0, 0.1) is 0 Å². The van der Waals surface area contributed by atoms with Crippen molar-refractivity contribution in [2.75, 3.05) is 0 Å². The predicted octanol–water partition coefficient (Wildman–Crippen LogP) is 17.4. The molecule has 0 radical (unpaired) electrons. The summed E-state index contributed by atoms with van der Waals surface area (Å²) in [5.41, 5.74) is 12.9. The molecule has 0 aliphatic carbocycles. The first-order valence-electron chi connectivity index (χ1n) is 21.3. The van der Waals surface area contributed by atoms with Crippen LogP contribution in [0.25, 0.3) is 142 Å². The van der Waals surface area contributed by atoms with Crippen LogP contribution in [0.5, 0.6) is 0 Å². The van der Waals surface area contributed by atoms with Crippen LogP contribution in [0.2, 0.25) is 0 Å². The molecule has 0 fully saturated rings. The molecule has 0 aliphatic heterocycles.